The van der Waals surface area contributed by atoms with Crippen molar-refractivity contribution in [3.05, 3.63) is 52.2 Å². The molecule has 0 atom stereocenters. The Kier molecular flexibility index (Phi) is 4.83. The number of furan rings is 1. The predicted octanol–water partition coefficient (Wildman–Crippen LogP) is 3.45. The molecule has 0 unspecified atom stereocenters. The molecule has 5 nitrogen and oxygen atoms in total. The quantitative estimate of drug-likeness (QED) is 0.876. The van der Waals surface area contributed by atoms with E-state index in [2.05, 4.69) is 5.32 Å². The summed E-state index contributed by atoms with van der Waals surface area (Å²) in [6, 6.07) is 4.34. The first-order valence-corrected chi connectivity index (χ1v) is 7.09. The lowest BCUT2D eigenvalue weighted by Crippen LogP contribution is -2.21. The molecule has 0 aliphatic carbocycles. The molecular formula is C17H18FNO4. The molecule has 6 heteroatoms. The SMILES string of the molecule is Cc1ccc(NC(=O)COC(=O)c2c(C)oc(C)c2C)cc1F. The minimum atomic E-state index is -0.623. The molecule has 1 amide bonds. The summed E-state index contributed by atoms with van der Waals surface area (Å²) >= 11 is 0. The van der Waals surface area contributed by atoms with E-state index in [4.69, 9.17) is 9.15 Å². The minimum absolute atomic E-state index is 0.306. The van der Waals surface area contributed by atoms with Crippen molar-refractivity contribution in [1.29, 1.82) is 0 Å². The van der Waals surface area contributed by atoms with Crippen molar-refractivity contribution in [2.45, 2.75) is 27.7 Å². The second-order valence-corrected chi connectivity index (χ2v) is 5.30. The van der Waals surface area contributed by atoms with Crippen LogP contribution in [0.25, 0.3) is 0 Å². The first kappa shape index (κ1) is 16.7. The van der Waals surface area contributed by atoms with Gasteiger partial charge in [0.2, 0.25) is 0 Å². The van der Waals surface area contributed by atoms with E-state index in [-0.39, 0.29) is 0 Å². The van der Waals surface area contributed by atoms with Gasteiger partial charge in [-0.05, 0) is 45.4 Å². The molecule has 0 fully saturated rings. The molecule has 23 heavy (non-hydrogen) atoms. The summed E-state index contributed by atoms with van der Waals surface area (Å²) in [4.78, 5) is 23.8. The number of ether oxygens (including phenoxy) is 1. The molecule has 1 aromatic carbocycles. The molecule has 0 saturated carbocycles. The summed E-state index contributed by atoms with van der Waals surface area (Å²) in [5.41, 5.74) is 1.81. The maximum Gasteiger partial charge on any atom is 0.342 e. The van der Waals surface area contributed by atoms with E-state index in [9.17, 15) is 14.0 Å². The number of rotatable bonds is 4. The van der Waals surface area contributed by atoms with E-state index >= 15 is 0 Å². The lowest BCUT2D eigenvalue weighted by Gasteiger charge is -2.07. The zero-order valence-electron chi connectivity index (χ0n) is 13.5. The number of esters is 1. The second-order valence-electron chi connectivity index (χ2n) is 5.30. The van der Waals surface area contributed by atoms with Crippen molar-refractivity contribution >= 4 is 17.6 Å². The first-order valence-electron chi connectivity index (χ1n) is 7.09. The number of carbonyl (C=O) groups excluding carboxylic acids is 2. The lowest BCUT2D eigenvalue weighted by molar-refractivity contribution is -0.119. The number of amides is 1. The average molecular weight is 319 g/mol. The molecule has 0 aliphatic heterocycles. The number of halogens is 1. The highest BCUT2D eigenvalue weighted by Crippen LogP contribution is 2.21. The summed E-state index contributed by atoms with van der Waals surface area (Å²) in [7, 11) is 0. The Labute approximate surface area is 133 Å². The van der Waals surface area contributed by atoms with Gasteiger partial charge < -0.3 is 14.5 Å². The lowest BCUT2D eigenvalue weighted by atomic mass is 10.1. The van der Waals surface area contributed by atoms with Crippen LogP contribution in [0.5, 0.6) is 0 Å². The third-order valence-corrected chi connectivity index (χ3v) is 3.56. The number of benzene rings is 1. The molecule has 1 aromatic heterocycles. The van der Waals surface area contributed by atoms with Gasteiger partial charge in [-0.3, -0.25) is 4.79 Å². The van der Waals surface area contributed by atoms with E-state index in [0.717, 1.165) is 0 Å². The highest BCUT2D eigenvalue weighted by atomic mass is 19.1. The van der Waals surface area contributed by atoms with E-state index in [1.165, 1.54) is 6.07 Å². The minimum Gasteiger partial charge on any atom is -0.465 e. The van der Waals surface area contributed by atoms with E-state index in [1.807, 2.05) is 0 Å². The van der Waals surface area contributed by atoms with Gasteiger partial charge in [-0.15, -0.1) is 0 Å². The van der Waals surface area contributed by atoms with Gasteiger partial charge in [-0.2, -0.15) is 0 Å². The maximum atomic E-state index is 13.4. The normalized spacial score (nSPS) is 10.5. The fourth-order valence-electron chi connectivity index (χ4n) is 2.17. The van der Waals surface area contributed by atoms with Crippen LogP contribution in [0.2, 0.25) is 0 Å². The second kappa shape index (κ2) is 6.64. The Morgan fingerprint density at radius 1 is 1.17 bits per heavy atom. The fraction of sp³-hybridized carbons (Fsp3) is 0.294. The largest absolute Gasteiger partial charge is 0.465 e. The molecule has 0 radical (unpaired) electrons. The van der Waals surface area contributed by atoms with Crippen molar-refractivity contribution in [3.63, 3.8) is 0 Å². The van der Waals surface area contributed by atoms with Gasteiger partial charge >= 0.3 is 5.97 Å². The Balaban J connectivity index is 1.96. The number of hydrogen-bond donors (Lipinski definition) is 1. The zero-order valence-corrected chi connectivity index (χ0v) is 13.5. The van der Waals surface area contributed by atoms with Gasteiger partial charge in [0.05, 0.1) is 0 Å². The number of aryl methyl sites for hydroxylation is 3. The van der Waals surface area contributed by atoms with Gasteiger partial charge in [-0.25, -0.2) is 9.18 Å². The topological polar surface area (TPSA) is 68.5 Å². The van der Waals surface area contributed by atoms with Gasteiger partial charge in [-0.1, -0.05) is 6.07 Å². The summed E-state index contributed by atoms with van der Waals surface area (Å²) in [5, 5.41) is 2.47. The van der Waals surface area contributed by atoms with E-state index < -0.39 is 24.3 Å². The van der Waals surface area contributed by atoms with Gasteiger partial charge in [0.1, 0.15) is 22.9 Å². The van der Waals surface area contributed by atoms with Crippen molar-refractivity contribution in [1.82, 2.24) is 0 Å². The molecule has 0 saturated heterocycles. The van der Waals surface area contributed by atoms with Gasteiger partial charge in [0.15, 0.2) is 6.61 Å². The van der Waals surface area contributed by atoms with Crippen LogP contribution in [0.1, 0.15) is 33.0 Å². The molecule has 122 valence electrons. The molecule has 2 rings (SSSR count). The van der Waals surface area contributed by atoms with E-state index in [0.29, 0.717) is 33.9 Å². The van der Waals surface area contributed by atoms with Crippen molar-refractivity contribution in [3.8, 4) is 0 Å². The van der Waals surface area contributed by atoms with E-state index in [1.54, 1.807) is 39.8 Å². The Hall–Kier alpha value is -2.63. The smallest absolute Gasteiger partial charge is 0.342 e. The van der Waals surface area contributed by atoms with Gasteiger partial charge in [0.25, 0.3) is 5.91 Å². The molecule has 1 N–H and O–H groups in total. The molecule has 0 aliphatic rings. The van der Waals surface area contributed by atoms with Crippen molar-refractivity contribution in [2.75, 3.05) is 11.9 Å². The molecular weight excluding hydrogens is 301 g/mol. The van der Waals surface area contributed by atoms with Crippen LogP contribution < -0.4 is 5.32 Å². The molecule has 0 spiro atoms. The summed E-state index contributed by atoms with van der Waals surface area (Å²) in [6.07, 6.45) is 0. The van der Waals surface area contributed by atoms with Gasteiger partial charge in [0, 0.05) is 11.3 Å². The van der Waals surface area contributed by atoms with Crippen molar-refractivity contribution < 1.29 is 23.1 Å². The highest BCUT2D eigenvalue weighted by Gasteiger charge is 2.20. The zero-order chi connectivity index (χ0) is 17.1. The summed E-state index contributed by atoms with van der Waals surface area (Å²) in [6.45, 7) is 6.32. The summed E-state index contributed by atoms with van der Waals surface area (Å²) < 4.78 is 23.7. The Bertz CT molecular complexity index is 764. The first-order chi connectivity index (χ1) is 10.8. The van der Waals surface area contributed by atoms with Crippen LogP contribution in [0.15, 0.2) is 22.6 Å². The standard InChI is InChI=1S/C17H18FNO4/c1-9-5-6-13(7-14(9)18)19-15(20)8-22-17(21)16-10(2)11(3)23-12(16)4/h5-7H,8H2,1-4H3,(H,19,20). The fourth-order valence-corrected chi connectivity index (χ4v) is 2.17. The monoisotopic (exact) mass is 319 g/mol. The number of carbonyl (C=O) groups is 2. The number of nitrogens with one attached hydrogen (secondary N) is 1. The van der Waals surface area contributed by atoms with Crippen molar-refractivity contribution in [2.24, 2.45) is 0 Å². The van der Waals surface area contributed by atoms with Crippen LogP contribution in [0.3, 0.4) is 0 Å². The van der Waals surface area contributed by atoms with Crippen LogP contribution >= 0.6 is 0 Å². The Morgan fingerprint density at radius 3 is 2.43 bits per heavy atom. The predicted molar refractivity (Wildman–Crippen MR) is 83.0 cm³/mol. The number of anilines is 1. The molecule has 1 heterocycles. The third-order valence-electron chi connectivity index (χ3n) is 3.56. The highest BCUT2D eigenvalue weighted by molar-refractivity contribution is 5.96. The van der Waals surface area contributed by atoms with Crippen LogP contribution in [-0.2, 0) is 9.53 Å². The number of hydrogen-bond acceptors (Lipinski definition) is 4. The molecule has 0 bridgehead atoms. The van der Waals surface area contributed by atoms with Crippen LogP contribution in [0, 0.1) is 33.5 Å². The third kappa shape index (κ3) is 3.77. The van der Waals surface area contributed by atoms with Crippen LogP contribution in [-0.4, -0.2) is 18.5 Å². The maximum absolute atomic E-state index is 13.4. The molecule has 2 aromatic rings. The van der Waals surface area contributed by atoms with Crippen LogP contribution in [0.4, 0.5) is 10.1 Å². The summed E-state index contributed by atoms with van der Waals surface area (Å²) in [5.74, 6) is -0.501. The Morgan fingerprint density at radius 2 is 1.87 bits per heavy atom. The average Bonchev–Trinajstić information content (AvgIpc) is 2.73.